The zero-order valence-corrected chi connectivity index (χ0v) is 19.3. The number of allylic oxidation sites excluding steroid dienone is 8. The van der Waals surface area contributed by atoms with Gasteiger partial charge in [-0.25, -0.2) is 24.3 Å². The second-order valence-corrected chi connectivity index (χ2v) is 35.8. The Morgan fingerprint density at radius 2 is 1.37 bits per heavy atom. The van der Waals surface area contributed by atoms with Gasteiger partial charge in [-0.15, -0.1) is 12.8 Å². The average molecular weight is 524 g/mol. The molecule has 0 heterocycles. The van der Waals surface area contributed by atoms with E-state index in [1.807, 2.05) is 24.3 Å². The van der Waals surface area contributed by atoms with E-state index in [-0.39, 0.29) is 54.2 Å². The van der Waals surface area contributed by atoms with E-state index in [4.69, 9.17) is 0 Å². The van der Waals surface area contributed by atoms with Crippen molar-refractivity contribution in [1.82, 2.24) is 0 Å². The molecule has 0 fully saturated rings. The third-order valence-corrected chi connectivity index (χ3v) is 22.4. The summed E-state index contributed by atoms with van der Waals surface area (Å²) in [6.07, 6.45) is 20.0. The fraction of sp³-hybridized carbons (Fsp3) is 0.400. The monoisotopic (exact) mass is 526 g/mol. The first-order valence-corrected chi connectivity index (χ1v) is 22.3. The van der Waals surface area contributed by atoms with Crippen molar-refractivity contribution < 1.29 is 44.1 Å². The predicted molar refractivity (Wildman–Crippen MR) is 77.0 cm³/mol. The van der Waals surface area contributed by atoms with Gasteiger partial charge in [0.1, 0.15) is 0 Å². The number of rotatable bonds is 0. The van der Waals surface area contributed by atoms with E-state index >= 15 is 0 Å². The Morgan fingerprint density at radius 1 is 0.947 bits per heavy atom. The zero-order chi connectivity index (χ0) is 12.9. The van der Waals surface area contributed by atoms with E-state index < -0.39 is 0 Å². The smallest absolute Gasteiger partial charge is 0.109 e. The second-order valence-electron chi connectivity index (χ2n) is 4.13. The standard InChI is InChI=1S/2C5H5.C3H6.C2H6Ge.2ClH.Hf/c2*1-2-4-5-3-1;2*1-3-2;;;/h2*1-3H,4H2;2*1-2H3;2*1H;/q2*-1;;;;;/p-2. The van der Waals surface area contributed by atoms with Crippen LogP contribution in [0.5, 0.6) is 0 Å². The molecule has 0 aromatic carbocycles. The molecule has 2 aliphatic rings. The minimum atomic E-state index is -0.292. The molecule has 0 spiro atoms. The Hall–Kier alpha value is 0.823. The maximum absolute atomic E-state index is 2.99. The van der Waals surface area contributed by atoms with Crippen LogP contribution in [0.15, 0.2) is 36.5 Å². The topological polar surface area (TPSA) is 0 Å². The molecule has 0 N–H and O–H groups in total. The van der Waals surface area contributed by atoms with Gasteiger partial charge >= 0.3 is 58.0 Å². The Bertz CT molecular complexity index is 325. The van der Waals surface area contributed by atoms with Gasteiger partial charge in [0, 0.05) is 0 Å². The molecular formula is C15H22Cl2GeHf-4. The van der Waals surface area contributed by atoms with E-state index in [0.717, 1.165) is 12.8 Å². The number of halogens is 2. The minimum Gasteiger partial charge on any atom is -1.00 e. The Kier molecular flexibility index (Phi) is 24.6. The van der Waals surface area contributed by atoms with Gasteiger partial charge in [0.25, 0.3) is 0 Å². The summed E-state index contributed by atoms with van der Waals surface area (Å²) < 4.78 is 1.81. The Morgan fingerprint density at radius 3 is 1.42 bits per heavy atom. The molecule has 0 aromatic rings. The van der Waals surface area contributed by atoms with Crippen molar-refractivity contribution in [3.05, 3.63) is 48.6 Å². The van der Waals surface area contributed by atoms with Gasteiger partial charge in [-0.05, 0) is 0 Å². The first-order chi connectivity index (χ1) is 8.13. The van der Waals surface area contributed by atoms with E-state index in [2.05, 4.69) is 49.7 Å². The molecule has 0 amide bonds. The summed E-state index contributed by atoms with van der Waals surface area (Å²) in [7, 11) is -0.292. The van der Waals surface area contributed by atoms with E-state index in [1.165, 1.54) is 0 Å². The van der Waals surface area contributed by atoms with Gasteiger partial charge in [-0.2, -0.15) is 12.2 Å². The van der Waals surface area contributed by atoms with Crippen molar-refractivity contribution in [3.63, 3.8) is 0 Å². The van der Waals surface area contributed by atoms with Crippen molar-refractivity contribution in [3.8, 4) is 0 Å². The molecule has 0 nitrogen and oxygen atoms in total. The van der Waals surface area contributed by atoms with Crippen LogP contribution in [0.4, 0.5) is 0 Å². The molecule has 2 aliphatic carbocycles. The number of hydrogen-bond donors (Lipinski definition) is 0. The Balaban J connectivity index is -0.000000194. The maximum atomic E-state index is 2.99. The van der Waals surface area contributed by atoms with Crippen LogP contribution in [-0.2, 0) is 19.3 Å². The molecule has 108 valence electrons. The predicted octanol–water partition coefficient (Wildman–Crippen LogP) is -1.85. The van der Waals surface area contributed by atoms with Crippen molar-refractivity contribution >= 4 is 13.3 Å². The van der Waals surface area contributed by atoms with Gasteiger partial charge < -0.3 is 24.8 Å². The molecule has 0 saturated heterocycles. The summed E-state index contributed by atoms with van der Waals surface area (Å²) >= 11 is -0.0679. The third-order valence-electron chi connectivity index (χ3n) is 1.67. The van der Waals surface area contributed by atoms with Gasteiger partial charge in [-0.3, -0.25) is 12.2 Å². The average Bonchev–Trinajstić information content (AvgIpc) is 2.96. The van der Waals surface area contributed by atoms with Crippen LogP contribution in [0.1, 0.15) is 26.7 Å². The first-order valence-electron chi connectivity index (χ1n) is 5.93. The minimum absolute atomic E-state index is 0. The zero-order valence-electron chi connectivity index (χ0n) is 12.1. The van der Waals surface area contributed by atoms with Crippen LogP contribution in [0, 0.1) is 12.2 Å². The number of hydrogen-bond acceptors (Lipinski definition) is 0. The van der Waals surface area contributed by atoms with Gasteiger partial charge in [0.05, 0.1) is 0 Å². The van der Waals surface area contributed by atoms with Crippen molar-refractivity contribution in [2.45, 2.75) is 38.2 Å². The summed E-state index contributed by atoms with van der Waals surface area (Å²) in [6.45, 7) is 4.62. The molecule has 0 aliphatic heterocycles. The van der Waals surface area contributed by atoms with E-state index in [1.54, 1.807) is 3.26 Å². The maximum Gasteiger partial charge on any atom is -0.109 e. The van der Waals surface area contributed by atoms with Crippen LogP contribution in [0.25, 0.3) is 0 Å². The summed E-state index contributed by atoms with van der Waals surface area (Å²) in [5, 5.41) is 0. The normalized spacial score (nSPS) is 12.0. The van der Waals surface area contributed by atoms with Crippen molar-refractivity contribution in [2.24, 2.45) is 0 Å². The van der Waals surface area contributed by atoms with Crippen LogP contribution in [0.2, 0.25) is 11.5 Å². The molecule has 0 bridgehead atoms. The van der Waals surface area contributed by atoms with Crippen molar-refractivity contribution in [1.29, 1.82) is 0 Å². The summed E-state index contributed by atoms with van der Waals surface area (Å²) in [5.74, 6) is 4.99. The first kappa shape index (κ1) is 24.8. The second kappa shape index (κ2) is 18.8. The molecule has 4 heteroatoms. The fourth-order valence-electron chi connectivity index (χ4n) is 1.18. The molecule has 19 heavy (non-hydrogen) atoms. The van der Waals surface area contributed by atoms with E-state index in [9.17, 15) is 0 Å². The quantitative estimate of drug-likeness (QED) is 0.258. The van der Waals surface area contributed by atoms with E-state index in [0.29, 0.717) is 0 Å². The van der Waals surface area contributed by atoms with Gasteiger partial charge in [0.15, 0.2) is 0 Å². The molecule has 0 radical (unpaired) electrons. The largest absolute Gasteiger partial charge is 1.00 e. The summed E-state index contributed by atoms with van der Waals surface area (Å²) in [6, 6.07) is 0. The molecule has 0 saturated carbocycles. The molecule has 2 rings (SSSR count). The third kappa shape index (κ3) is 24.2. The molecule has 0 atom stereocenters. The van der Waals surface area contributed by atoms with Gasteiger partial charge in [-0.1, -0.05) is 0 Å². The molecule has 0 unspecified atom stereocenters. The van der Waals surface area contributed by atoms with Crippen molar-refractivity contribution in [2.75, 3.05) is 0 Å². The van der Waals surface area contributed by atoms with Crippen LogP contribution in [-0.4, -0.2) is 13.3 Å². The SMILES string of the molecule is C[C](C)=[Hf]=[Ge]([CH3])[CH3].[C-]1=CC=CC1.[C-]1=CC=CC1.[Cl-].[Cl-]. The van der Waals surface area contributed by atoms with Crippen LogP contribution < -0.4 is 24.8 Å². The summed E-state index contributed by atoms with van der Waals surface area (Å²) in [5.41, 5.74) is 0. The van der Waals surface area contributed by atoms with Crippen LogP contribution >= 0.6 is 0 Å². The Labute approximate surface area is 143 Å². The molecule has 0 aromatic heterocycles. The molecular weight excluding hydrogens is 502 g/mol. The fourth-order valence-corrected chi connectivity index (χ4v) is 21.9. The summed E-state index contributed by atoms with van der Waals surface area (Å²) in [4.78, 5) is 0. The van der Waals surface area contributed by atoms with Crippen LogP contribution in [0.3, 0.4) is 0 Å². The van der Waals surface area contributed by atoms with Gasteiger partial charge in [0.2, 0.25) is 0 Å².